The Labute approximate surface area is 118 Å². The third-order valence-corrected chi connectivity index (χ3v) is 3.34. The highest BCUT2D eigenvalue weighted by Gasteiger charge is 2.17. The summed E-state index contributed by atoms with van der Waals surface area (Å²) in [6.07, 6.45) is 2.09. The first kappa shape index (κ1) is 14.0. The molecule has 0 aliphatic rings. The maximum Gasteiger partial charge on any atom is 0.243 e. The first-order chi connectivity index (χ1) is 9.11. The molecule has 0 bridgehead atoms. The Morgan fingerprint density at radius 2 is 1.89 bits per heavy atom. The number of fused-ring (bicyclic) bond motifs is 1. The number of rotatable bonds is 6. The number of nitrogens with zero attached hydrogens (tertiary/aromatic N) is 3. The van der Waals surface area contributed by atoms with Crippen molar-refractivity contribution in [3.05, 3.63) is 24.3 Å². The zero-order valence-corrected chi connectivity index (χ0v) is 12.1. The van der Waals surface area contributed by atoms with Crippen molar-refractivity contribution in [3.63, 3.8) is 0 Å². The Bertz CT molecular complexity index is 542. The van der Waals surface area contributed by atoms with Gasteiger partial charge in [-0.05, 0) is 30.4 Å². The van der Waals surface area contributed by atoms with Crippen LogP contribution in [0, 0.1) is 5.41 Å². The van der Waals surface area contributed by atoms with Gasteiger partial charge in [0.2, 0.25) is 5.95 Å². The first-order valence-electron chi connectivity index (χ1n) is 6.50. The third-order valence-electron chi connectivity index (χ3n) is 3.07. The highest BCUT2D eigenvalue weighted by atomic mass is 35.5. The molecule has 5 heteroatoms. The lowest BCUT2D eigenvalue weighted by molar-refractivity contribution is 0.354. The molecule has 2 rings (SSSR count). The molecule has 0 radical (unpaired) electrons. The predicted octanol–water partition coefficient (Wildman–Crippen LogP) is 3.48. The SMILES string of the molecule is CC(C)(CCCCl)CNc1nnc2ccccc2n1. The number of anilines is 1. The standard InChI is InChI=1S/C14H19ClN4/c1-14(2,8-5-9-15)10-16-13-17-11-6-3-4-7-12(11)18-19-13/h3-4,6-7H,5,8-10H2,1-2H3,(H,16,17,19). The fourth-order valence-corrected chi connectivity index (χ4v) is 2.04. The summed E-state index contributed by atoms with van der Waals surface area (Å²) in [6, 6.07) is 7.73. The quantitative estimate of drug-likeness (QED) is 0.822. The van der Waals surface area contributed by atoms with E-state index in [4.69, 9.17) is 11.6 Å². The molecule has 0 fully saturated rings. The van der Waals surface area contributed by atoms with E-state index in [1.54, 1.807) is 0 Å². The molecule has 0 aliphatic carbocycles. The molecule has 0 saturated carbocycles. The van der Waals surface area contributed by atoms with Gasteiger partial charge < -0.3 is 5.32 Å². The van der Waals surface area contributed by atoms with Crippen LogP contribution in [0.25, 0.3) is 11.0 Å². The van der Waals surface area contributed by atoms with Crippen molar-refractivity contribution in [2.45, 2.75) is 26.7 Å². The van der Waals surface area contributed by atoms with Crippen molar-refractivity contribution in [1.29, 1.82) is 0 Å². The van der Waals surface area contributed by atoms with Gasteiger partial charge in [0.1, 0.15) is 5.52 Å². The molecule has 0 spiro atoms. The number of alkyl halides is 1. The van der Waals surface area contributed by atoms with Crippen LogP contribution in [-0.2, 0) is 0 Å². The van der Waals surface area contributed by atoms with Gasteiger partial charge in [-0.3, -0.25) is 0 Å². The van der Waals surface area contributed by atoms with Crippen LogP contribution in [-0.4, -0.2) is 27.6 Å². The van der Waals surface area contributed by atoms with Crippen LogP contribution in [0.1, 0.15) is 26.7 Å². The Kier molecular flexibility index (Phi) is 4.53. The van der Waals surface area contributed by atoms with Gasteiger partial charge in [-0.15, -0.1) is 21.8 Å². The zero-order chi connectivity index (χ0) is 13.7. The van der Waals surface area contributed by atoms with E-state index in [1.165, 1.54) is 0 Å². The van der Waals surface area contributed by atoms with Gasteiger partial charge >= 0.3 is 0 Å². The Hall–Kier alpha value is -1.42. The first-order valence-corrected chi connectivity index (χ1v) is 7.03. The zero-order valence-electron chi connectivity index (χ0n) is 11.4. The summed E-state index contributed by atoms with van der Waals surface area (Å²) in [5.41, 5.74) is 1.84. The smallest absolute Gasteiger partial charge is 0.243 e. The molecule has 0 saturated heterocycles. The van der Waals surface area contributed by atoms with E-state index in [-0.39, 0.29) is 5.41 Å². The maximum atomic E-state index is 5.73. The second kappa shape index (κ2) is 6.15. The highest BCUT2D eigenvalue weighted by Crippen LogP contribution is 2.22. The number of para-hydroxylation sites is 1. The normalized spacial score (nSPS) is 11.7. The Morgan fingerprint density at radius 1 is 1.16 bits per heavy atom. The Morgan fingerprint density at radius 3 is 2.63 bits per heavy atom. The number of benzene rings is 1. The fraction of sp³-hybridized carbons (Fsp3) is 0.500. The van der Waals surface area contributed by atoms with Gasteiger partial charge in [-0.2, -0.15) is 0 Å². The second-order valence-corrected chi connectivity index (χ2v) is 5.81. The molecule has 0 aliphatic heterocycles. The molecule has 1 aromatic heterocycles. The molecule has 0 atom stereocenters. The van der Waals surface area contributed by atoms with E-state index in [1.807, 2.05) is 24.3 Å². The van der Waals surface area contributed by atoms with Gasteiger partial charge in [0.05, 0.1) is 5.52 Å². The fourth-order valence-electron chi connectivity index (χ4n) is 1.91. The van der Waals surface area contributed by atoms with E-state index in [0.29, 0.717) is 11.8 Å². The van der Waals surface area contributed by atoms with Crippen molar-refractivity contribution in [3.8, 4) is 0 Å². The van der Waals surface area contributed by atoms with Gasteiger partial charge in [-0.1, -0.05) is 26.0 Å². The summed E-state index contributed by atoms with van der Waals surface area (Å²) in [7, 11) is 0. The van der Waals surface area contributed by atoms with Crippen LogP contribution in [0.15, 0.2) is 24.3 Å². The lowest BCUT2D eigenvalue weighted by Crippen LogP contribution is -2.24. The van der Waals surface area contributed by atoms with E-state index < -0.39 is 0 Å². The minimum Gasteiger partial charge on any atom is -0.352 e. The second-order valence-electron chi connectivity index (χ2n) is 5.43. The molecule has 0 amide bonds. The van der Waals surface area contributed by atoms with Gasteiger partial charge in [0.25, 0.3) is 0 Å². The van der Waals surface area contributed by atoms with E-state index in [0.717, 1.165) is 30.4 Å². The monoisotopic (exact) mass is 278 g/mol. The number of halogens is 1. The molecule has 102 valence electrons. The van der Waals surface area contributed by atoms with Crippen molar-refractivity contribution >= 4 is 28.6 Å². The summed E-state index contributed by atoms with van der Waals surface area (Å²) in [6.45, 7) is 5.23. The number of nitrogens with one attached hydrogen (secondary N) is 1. The van der Waals surface area contributed by atoms with E-state index in [9.17, 15) is 0 Å². The molecule has 4 nitrogen and oxygen atoms in total. The maximum absolute atomic E-state index is 5.73. The Balaban J connectivity index is 2.01. The lowest BCUT2D eigenvalue weighted by Gasteiger charge is -2.24. The molecule has 1 heterocycles. The summed E-state index contributed by atoms with van der Waals surface area (Å²) in [5, 5.41) is 11.5. The molecular formula is C14H19ClN4. The highest BCUT2D eigenvalue weighted by molar-refractivity contribution is 6.17. The summed E-state index contributed by atoms with van der Waals surface area (Å²) in [4.78, 5) is 4.45. The van der Waals surface area contributed by atoms with Crippen LogP contribution >= 0.6 is 11.6 Å². The number of aromatic nitrogens is 3. The van der Waals surface area contributed by atoms with E-state index >= 15 is 0 Å². The van der Waals surface area contributed by atoms with Crippen LogP contribution in [0.3, 0.4) is 0 Å². The summed E-state index contributed by atoms with van der Waals surface area (Å²) < 4.78 is 0. The molecule has 1 aromatic carbocycles. The minimum absolute atomic E-state index is 0.171. The van der Waals surface area contributed by atoms with E-state index in [2.05, 4.69) is 34.3 Å². The third kappa shape index (κ3) is 4.03. The van der Waals surface area contributed by atoms with Crippen LogP contribution in [0.4, 0.5) is 5.95 Å². The van der Waals surface area contributed by atoms with Crippen molar-refractivity contribution in [2.75, 3.05) is 17.7 Å². The molecule has 0 unspecified atom stereocenters. The average Bonchev–Trinajstić information content (AvgIpc) is 2.43. The molecule has 2 aromatic rings. The van der Waals surface area contributed by atoms with Crippen LogP contribution < -0.4 is 5.32 Å². The van der Waals surface area contributed by atoms with Crippen LogP contribution in [0.2, 0.25) is 0 Å². The van der Waals surface area contributed by atoms with Crippen molar-refractivity contribution < 1.29 is 0 Å². The van der Waals surface area contributed by atoms with Crippen LogP contribution in [0.5, 0.6) is 0 Å². The summed E-state index contributed by atoms with van der Waals surface area (Å²) in [5.74, 6) is 1.29. The van der Waals surface area contributed by atoms with Gasteiger partial charge in [-0.25, -0.2) is 4.98 Å². The molecular weight excluding hydrogens is 260 g/mol. The molecule has 19 heavy (non-hydrogen) atoms. The number of hydrogen-bond donors (Lipinski definition) is 1. The van der Waals surface area contributed by atoms with Gasteiger partial charge in [0.15, 0.2) is 0 Å². The topological polar surface area (TPSA) is 50.7 Å². The van der Waals surface area contributed by atoms with Crippen molar-refractivity contribution in [2.24, 2.45) is 5.41 Å². The number of hydrogen-bond acceptors (Lipinski definition) is 4. The molecule has 1 N–H and O–H groups in total. The largest absolute Gasteiger partial charge is 0.352 e. The minimum atomic E-state index is 0.171. The van der Waals surface area contributed by atoms with Crippen molar-refractivity contribution in [1.82, 2.24) is 15.2 Å². The lowest BCUT2D eigenvalue weighted by atomic mass is 9.88. The summed E-state index contributed by atoms with van der Waals surface area (Å²) >= 11 is 5.73. The predicted molar refractivity (Wildman–Crippen MR) is 79.6 cm³/mol. The van der Waals surface area contributed by atoms with Gasteiger partial charge in [0, 0.05) is 12.4 Å². The average molecular weight is 279 g/mol.